The van der Waals surface area contributed by atoms with Crippen LogP contribution in [0.2, 0.25) is 0 Å². The molecule has 1 saturated carbocycles. The summed E-state index contributed by atoms with van der Waals surface area (Å²) >= 11 is 0. The Morgan fingerprint density at radius 2 is 1.71 bits per heavy atom. The molecule has 1 amide bonds. The smallest absolute Gasteiger partial charge is 0.220 e. The highest BCUT2D eigenvalue weighted by atomic mass is 16.2. The highest BCUT2D eigenvalue weighted by Crippen LogP contribution is 2.17. The van der Waals surface area contributed by atoms with E-state index in [9.17, 15) is 9.59 Å². The van der Waals surface area contributed by atoms with E-state index >= 15 is 0 Å². The van der Waals surface area contributed by atoms with Crippen LogP contribution in [0.25, 0.3) is 0 Å². The van der Waals surface area contributed by atoms with E-state index in [4.69, 9.17) is 0 Å². The van der Waals surface area contributed by atoms with Crippen LogP contribution in [0.15, 0.2) is 24.3 Å². The zero-order valence-electron chi connectivity index (χ0n) is 12.9. The summed E-state index contributed by atoms with van der Waals surface area (Å²) in [4.78, 5) is 23.9. The largest absolute Gasteiger partial charge is 0.353 e. The molecule has 3 nitrogen and oxygen atoms in total. The molecule has 1 fully saturated rings. The van der Waals surface area contributed by atoms with Crippen LogP contribution in [0, 0.1) is 0 Å². The molecule has 1 aliphatic rings. The van der Waals surface area contributed by atoms with Gasteiger partial charge in [0.15, 0.2) is 5.78 Å². The number of carbonyl (C=O) groups is 2. The van der Waals surface area contributed by atoms with Gasteiger partial charge in [-0.15, -0.1) is 0 Å². The van der Waals surface area contributed by atoms with Gasteiger partial charge in [0.1, 0.15) is 0 Å². The fourth-order valence-electron chi connectivity index (χ4n) is 2.84. The lowest BCUT2D eigenvalue weighted by atomic mass is 9.95. The average Bonchev–Trinajstić information content (AvgIpc) is 2.53. The lowest BCUT2D eigenvalue weighted by molar-refractivity contribution is -0.121. The molecule has 0 atom stereocenters. The molecule has 3 heteroatoms. The van der Waals surface area contributed by atoms with Crippen molar-refractivity contribution < 1.29 is 9.59 Å². The Morgan fingerprint density at radius 3 is 2.33 bits per heavy atom. The second kappa shape index (κ2) is 7.96. The molecule has 0 unspecified atom stereocenters. The van der Waals surface area contributed by atoms with Crippen molar-refractivity contribution in [2.24, 2.45) is 0 Å². The van der Waals surface area contributed by atoms with E-state index in [1.54, 1.807) is 0 Å². The van der Waals surface area contributed by atoms with E-state index in [1.165, 1.54) is 24.8 Å². The number of Topliss-reactive ketones (excluding diaryl/α,β-unsaturated/α-hetero) is 1. The zero-order chi connectivity index (χ0) is 15.1. The maximum Gasteiger partial charge on any atom is 0.220 e. The number of hydrogen-bond donors (Lipinski definition) is 1. The first-order valence-corrected chi connectivity index (χ1v) is 8.10. The van der Waals surface area contributed by atoms with Crippen LogP contribution in [0.5, 0.6) is 0 Å². The van der Waals surface area contributed by atoms with E-state index in [2.05, 4.69) is 12.2 Å². The van der Waals surface area contributed by atoms with Gasteiger partial charge in [0.2, 0.25) is 5.91 Å². The number of benzene rings is 1. The molecule has 0 radical (unpaired) electrons. The third kappa shape index (κ3) is 5.00. The van der Waals surface area contributed by atoms with Gasteiger partial charge in [-0.05, 0) is 24.8 Å². The molecule has 21 heavy (non-hydrogen) atoms. The SMILES string of the molecule is CCc1ccc(C(=O)CCC(=O)NC2CCCCC2)cc1. The lowest BCUT2D eigenvalue weighted by Gasteiger charge is -2.22. The standard InChI is InChI=1S/C18H25NO2/c1-2-14-8-10-15(11-9-14)17(20)12-13-18(21)19-16-6-4-3-5-7-16/h8-11,16H,2-7,12-13H2,1H3,(H,19,21). The molecule has 1 aromatic carbocycles. The van der Waals surface area contributed by atoms with Crippen LogP contribution >= 0.6 is 0 Å². The summed E-state index contributed by atoms with van der Waals surface area (Å²) in [5, 5.41) is 3.05. The number of carbonyl (C=O) groups excluding carboxylic acids is 2. The summed E-state index contributed by atoms with van der Waals surface area (Å²) in [6.07, 6.45) is 7.41. The fraction of sp³-hybridized carbons (Fsp3) is 0.556. The highest BCUT2D eigenvalue weighted by Gasteiger charge is 2.16. The second-order valence-electron chi connectivity index (χ2n) is 5.88. The molecular weight excluding hydrogens is 262 g/mol. The van der Waals surface area contributed by atoms with Crippen molar-refractivity contribution in [1.29, 1.82) is 0 Å². The van der Waals surface area contributed by atoms with Crippen molar-refractivity contribution >= 4 is 11.7 Å². The normalized spacial score (nSPS) is 15.7. The maximum atomic E-state index is 12.1. The Hall–Kier alpha value is -1.64. The van der Waals surface area contributed by atoms with Crippen molar-refractivity contribution in [3.8, 4) is 0 Å². The zero-order valence-corrected chi connectivity index (χ0v) is 12.9. The predicted molar refractivity (Wildman–Crippen MR) is 84.4 cm³/mol. The topological polar surface area (TPSA) is 46.2 Å². The fourth-order valence-corrected chi connectivity index (χ4v) is 2.84. The van der Waals surface area contributed by atoms with Crippen LogP contribution in [0.3, 0.4) is 0 Å². The van der Waals surface area contributed by atoms with Gasteiger partial charge in [-0.2, -0.15) is 0 Å². The average molecular weight is 287 g/mol. The Kier molecular flexibility index (Phi) is 5.97. The summed E-state index contributed by atoms with van der Waals surface area (Å²) in [7, 11) is 0. The molecule has 0 aliphatic heterocycles. The number of aryl methyl sites for hydroxylation is 1. The van der Waals surface area contributed by atoms with E-state index in [0.717, 1.165) is 19.3 Å². The first-order valence-electron chi connectivity index (χ1n) is 8.10. The molecule has 1 aromatic rings. The Labute approximate surface area is 127 Å². The van der Waals surface area contributed by atoms with E-state index < -0.39 is 0 Å². The summed E-state index contributed by atoms with van der Waals surface area (Å²) in [6.45, 7) is 2.09. The van der Waals surface area contributed by atoms with Crippen molar-refractivity contribution in [3.05, 3.63) is 35.4 Å². The van der Waals surface area contributed by atoms with Crippen molar-refractivity contribution in [3.63, 3.8) is 0 Å². The molecule has 0 aromatic heterocycles. The summed E-state index contributed by atoms with van der Waals surface area (Å²) in [5.41, 5.74) is 1.93. The monoisotopic (exact) mass is 287 g/mol. The quantitative estimate of drug-likeness (QED) is 0.812. The summed E-state index contributed by atoms with van der Waals surface area (Å²) in [6, 6.07) is 8.01. The Balaban J connectivity index is 1.75. The molecule has 0 bridgehead atoms. The molecule has 0 saturated heterocycles. The molecule has 2 rings (SSSR count). The van der Waals surface area contributed by atoms with Gasteiger partial charge in [0.05, 0.1) is 0 Å². The maximum absolute atomic E-state index is 12.1. The van der Waals surface area contributed by atoms with Gasteiger partial charge in [-0.3, -0.25) is 9.59 Å². The molecule has 0 heterocycles. The molecule has 0 spiro atoms. The van der Waals surface area contributed by atoms with E-state index in [0.29, 0.717) is 24.4 Å². The van der Waals surface area contributed by atoms with Crippen LogP contribution in [0.4, 0.5) is 0 Å². The minimum Gasteiger partial charge on any atom is -0.353 e. The third-order valence-electron chi connectivity index (χ3n) is 4.23. The van der Waals surface area contributed by atoms with Crippen LogP contribution in [-0.4, -0.2) is 17.7 Å². The van der Waals surface area contributed by atoms with Gasteiger partial charge in [-0.1, -0.05) is 50.5 Å². The van der Waals surface area contributed by atoms with Crippen LogP contribution < -0.4 is 5.32 Å². The van der Waals surface area contributed by atoms with E-state index in [1.807, 2.05) is 24.3 Å². The number of ketones is 1. The van der Waals surface area contributed by atoms with Crippen LogP contribution in [-0.2, 0) is 11.2 Å². The highest BCUT2D eigenvalue weighted by molar-refractivity contribution is 5.97. The number of nitrogens with one attached hydrogen (secondary N) is 1. The number of amides is 1. The van der Waals surface area contributed by atoms with Gasteiger partial charge in [0.25, 0.3) is 0 Å². The summed E-state index contributed by atoms with van der Waals surface area (Å²) in [5.74, 6) is 0.0666. The number of rotatable bonds is 6. The lowest BCUT2D eigenvalue weighted by Crippen LogP contribution is -2.36. The van der Waals surface area contributed by atoms with E-state index in [-0.39, 0.29) is 11.7 Å². The third-order valence-corrected chi connectivity index (χ3v) is 4.23. The second-order valence-corrected chi connectivity index (χ2v) is 5.88. The predicted octanol–water partition coefficient (Wildman–Crippen LogP) is 3.66. The minimum absolute atomic E-state index is 0.0143. The first-order chi connectivity index (χ1) is 10.2. The molecule has 1 N–H and O–H groups in total. The molecule has 1 aliphatic carbocycles. The van der Waals surface area contributed by atoms with Gasteiger partial charge in [-0.25, -0.2) is 0 Å². The van der Waals surface area contributed by atoms with Gasteiger partial charge < -0.3 is 5.32 Å². The van der Waals surface area contributed by atoms with Crippen LogP contribution in [0.1, 0.15) is 67.8 Å². The van der Waals surface area contributed by atoms with Crippen molar-refractivity contribution in [1.82, 2.24) is 5.32 Å². The Bertz CT molecular complexity index is 472. The van der Waals surface area contributed by atoms with Gasteiger partial charge >= 0.3 is 0 Å². The minimum atomic E-state index is 0.0143. The summed E-state index contributed by atoms with van der Waals surface area (Å²) < 4.78 is 0. The van der Waals surface area contributed by atoms with Crippen molar-refractivity contribution in [2.45, 2.75) is 64.3 Å². The first kappa shape index (κ1) is 15.7. The van der Waals surface area contributed by atoms with Crippen molar-refractivity contribution in [2.75, 3.05) is 0 Å². The molecular formula is C18H25NO2. The molecule has 114 valence electrons. The van der Waals surface area contributed by atoms with Gasteiger partial charge in [0, 0.05) is 24.4 Å². The number of hydrogen-bond acceptors (Lipinski definition) is 2. The Morgan fingerprint density at radius 1 is 1.05 bits per heavy atom.